The SMILES string of the molecule is CC(C)(C)OC(=O)N1CCCC(CC2CCCCO2)(C(=O)O)C1. The van der Waals surface area contributed by atoms with Crippen LogP contribution in [0.1, 0.15) is 59.3 Å². The van der Waals surface area contributed by atoms with Gasteiger partial charge in [0.15, 0.2) is 0 Å². The molecule has 2 heterocycles. The van der Waals surface area contributed by atoms with Crippen molar-refractivity contribution in [3.63, 3.8) is 0 Å². The maximum absolute atomic E-state index is 12.3. The van der Waals surface area contributed by atoms with Gasteiger partial charge in [-0.05, 0) is 59.3 Å². The third kappa shape index (κ3) is 4.83. The number of likely N-dealkylation sites (tertiary alicyclic amines) is 1. The number of carbonyl (C=O) groups is 2. The van der Waals surface area contributed by atoms with Gasteiger partial charge in [0.2, 0.25) is 0 Å². The van der Waals surface area contributed by atoms with Gasteiger partial charge in [-0.1, -0.05) is 0 Å². The van der Waals surface area contributed by atoms with E-state index in [2.05, 4.69) is 0 Å². The van der Waals surface area contributed by atoms with Crippen LogP contribution in [-0.2, 0) is 14.3 Å². The van der Waals surface area contributed by atoms with Gasteiger partial charge < -0.3 is 19.5 Å². The van der Waals surface area contributed by atoms with Gasteiger partial charge in [-0.25, -0.2) is 4.79 Å². The molecule has 2 rings (SSSR count). The van der Waals surface area contributed by atoms with E-state index >= 15 is 0 Å². The summed E-state index contributed by atoms with van der Waals surface area (Å²) in [6, 6.07) is 0. The number of rotatable bonds is 3. The second-order valence-corrected chi connectivity index (χ2v) is 7.78. The molecule has 132 valence electrons. The summed E-state index contributed by atoms with van der Waals surface area (Å²) < 4.78 is 11.1. The molecule has 0 saturated carbocycles. The normalized spacial score (nSPS) is 29.2. The van der Waals surface area contributed by atoms with E-state index in [1.54, 1.807) is 4.90 Å². The van der Waals surface area contributed by atoms with E-state index < -0.39 is 23.1 Å². The summed E-state index contributed by atoms with van der Waals surface area (Å²) in [4.78, 5) is 25.8. The fourth-order valence-corrected chi connectivity index (χ4v) is 3.45. The second kappa shape index (κ2) is 7.07. The number of hydrogen-bond acceptors (Lipinski definition) is 4. The van der Waals surface area contributed by atoms with Crippen molar-refractivity contribution in [3.05, 3.63) is 0 Å². The number of carbonyl (C=O) groups excluding carboxylic acids is 1. The van der Waals surface area contributed by atoms with E-state index in [0.29, 0.717) is 32.4 Å². The molecule has 2 fully saturated rings. The predicted molar refractivity (Wildman–Crippen MR) is 85.3 cm³/mol. The molecule has 0 radical (unpaired) electrons. The zero-order valence-corrected chi connectivity index (χ0v) is 14.5. The Morgan fingerprint density at radius 1 is 1.30 bits per heavy atom. The summed E-state index contributed by atoms with van der Waals surface area (Å²) in [6.45, 7) is 6.90. The summed E-state index contributed by atoms with van der Waals surface area (Å²) in [7, 11) is 0. The third-order valence-electron chi connectivity index (χ3n) is 4.57. The van der Waals surface area contributed by atoms with Crippen molar-refractivity contribution in [1.82, 2.24) is 4.90 Å². The van der Waals surface area contributed by atoms with Crippen LogP contribution in [0.4, 0.5) is 4.79 Å². The van der Waals surface area contributed by atoms with Crippen LogP contribution in [0.5, 0.6) is 0 Å². The van der Waals surface area contributed by atoms with Gasteiger partial charge in [0, 0.05) is 19.7 Å². The van der Waals surface area contributed by atoms with Crippen LogP contribution in [0.15, 0.2) is 0 Å². The Bertz CT molecular complexity index is 439. The van der Waals surface area contributed by atoms with Crippen LogP contribution in [0.3, 0.4) is 0 Å². The monoisotopic (exact) mass is 327 g/mol. The largest absolute Gasteiger partial charge is 0.481 e. The first-order chi connectivity index (χ1) is 10.7. The lowest BCUT2D eigenvalue weighted by Gasteiger charge is -2.42. The Balaban J connectivity index is 2.06. The fourth-order valence-electron chi connectivity index (χ4n) is 3.45. The molecule has 1 N–H and O–H groups in total. The molecular formula is C17H29NO5. The highest BCUT2D eigenvalue weighted by Gasteiger charge is 2.46. The minimum Gasteiger partial charge on any atom is -0.481 e. The second-order valence-electron chi connectivity index (χ2n) is 7.78. The Hall–Kier alpha value is -1.30. The van der Waals surface area contributed by atoms with E-state index in [9.17, 15) is 14.7 Å². The summed E-state index contributed by atoms with van der Waals surface area (Å²) in [5.41, 5.74) is -1.50. The maximum atomic E-state index is 12.3. The minimum atomic E-state index is -0.919. The molecule has 0 aromatic heterocycles. The van der Waals surface area contributed by atoms with Crippen LogP contribution >= 0.6 is 0 Å². The van der Waals surface area contributed by atoms with Crippen molar-refractivity contribution < 1.29 is 24.2 Å². The zero-order chi connectivity index (χ0) is 17.1. The standard InChI is InChI=1S/C17H29NO5/c1-16(2,3)23-15(21)18-9-6-8-17(12-18,14(19)20)11-13-7-4-5-10-22-13/h13H,4-12H2,1-3H3,(H,19,20). The van der Waals surface area contributed by atoms with Crippen LogP contribution in [0.2, 0.25) is 0 Å². The first kappa shape index (κ1) is 18.0. The van der Waals surface area contributed by atoms with Crippen molar-refractivity contribution >= 4 is 12.1 Å². The van der Waals surface area contributed by atoms with Crippen molar-refractivity contribution in [1.29, 1.82) is 0 Å². The van der Waals surface area contributed by atoms with Gasteiger partial charge in [-0.3, -0.25) is 4.79 Å². The van der Waals surface area contributed by atoms with Crippen LogP contribution < -0.4 is 0 Å². The van der Waals surface area contributed by atoms with Crippen molar-refractivity contribution in [3.8, 4) is 0 Å². The number of hydrogen-bond donors (Lipinski definition) is 1. The molecule has 0 aromatic carbocycles. The van der Waals surface area contributed by atoms with Crippen LogP contribution in [-0.4, -0.2) is 53.5 Å². The van der Waals surface area contributed by atoms with Gasteiger partial charge in [0.05, 0.1) is 11.5 Å². The lowest BCUT2D eigenvalue weighted by Crippen LogP contribution is -2.52. The molecule has 6 heteroatoms. The zero-order valence-electron chi connectivity index (χ0n) is 14.5. The number of nitrogens with zero attached hydrogens (tertiary/aromatic N) is 1. The number of piperidine rings is 1. The highest BCUT2D eigenvalue weighted by molar-refractivity contribution is 5.77. The average Bonchev–Trinajstić information content (AvgIpc) is 2.46. The molecule has 1 amide bonds. The van der Waals surface area contributed by atoms with E-state index in [-0.39, 0.29) is 12.6 Å². The molecule has 0 aromatic rings. The third-order valence-corrected chi connectivity index (χ3v) is 4.57. The number of carboxylic acids is 1. The topological polar surface area (TPSA) is 76.1 Å². The lowest BCUT2D eigenvalue weighted by molar-refractivity contribution is -0.156. The quantitative estimate of drug-likeness (QED) is 0.862. The van der Waals surface area contributed by atoms with E-state index in [1.165, 1.54) is 0 Å². The van der Waals surface area contributed by atoms with Crippen LogP contribution in [0.25, 0.3) is 0 Å². The maximum Gasteiger partial charge on any atom is 0.410 e. The summed E-state index contributed by atoms with van der Waals surface area (Å²) in [5.74, 6) is -0.833. The summed E-state index contributed by atoms with van der Waals surface area (Å²) >= 11 is 0. The van der Waals surface area contributed by atoms with E-state index in [0.717, 1.165) is 19.3 Å². The molecule has 2 saturated heterocycles. The van der Waals surface area contributed by atoms with Gasteiger partial charge in [0.25, 0.3) is 0 Å². The summed E-state index contributed by atoms with van der Waals surface area (Å²) in [6.07, 6.45) is 4.32. The molecule has 6 nitrogen and oxygen atoms in total. The number of aliphatic carboxylic acids is 1. The number of ether oxygens (including phenoxy) is 2. The number of carboxylic acid groups (broad SMARTS) is 1. The van der Waals surface area contributed by atoms with Crippen LogP contribution in [0, 0.1) is 5.41 Å². The van der Waals surface area contributed by atoms with E-state index in [1.807, 2.05) is 20.8 Å². The van der Waals surface area contributed by atoms with Crippen molar-refractivity contribution in [2.45, 2.75) is 71.0 Å². The smallest absolute Gasteiger partial charge is 0.410 e. The van der Waals surface area contributed by atoms with Crippen molar-refractivity contribution in [2.75, 3.05) is 19.7 Å². The first-order valence-electron chi connectivity index (χ1n) is 8.55. The molecule has 2 unspecified atom stereocenters. The Morgan fingerprint density at radius 3 is 2.61 bits per heavy atom. The van der Waals surface area contributed by atoms with Gasteiger partial charge in [-0.2, -0.15) is 0 Å². The van der Waals surface area contributed by atoms with E-state index in [4.69, 9.17) is 9.47 Å². The lowest BCUT2D eigenvalue weighted by atomic mass is 9.74. The highest BCUT2D eigenvalue weighted by atomic mass is 16.6. The molecule has 0 bridgehead atoms. The van der Waals surface area contributed by atoms with Crippen molar-refractivity contribution in [2.24, 2.45) is 5.41 Å². The Morgan fingerprint density at radius 2 is 2.04 bits per heavy atom. The molecule has 2 atom stereocenters. The predicted octanol–water partition coefficient (Wildman–Crippen LogP) is 3.05. The molecule has 0 aliphatic carbocycles. The molecule has 2 aliphatic heterocycles. The molecule has 2 aliphatic rings. The van der Waals surface area contributed by atoms with Gasteiger partial charge >= 0.3 is 12.1 Å². The first-order valence-corrected chi connectivity index (χ1v) is 8.55. The number of amides is 1. The molecule has 0 spiro atoms. The average molecular weight is 327 g/mol. The fraction of sp³-hybridized carbons (Fsp3) is 0.882. The minimum absolute atomic E-state index is 0.0153. The Labute approximate surface area is 138 Å². The Kier molecular flexibility index (Phi) is 5.55. The summed E-state index contributed by atoms with van der Waals surface area (Å²) in [5, 5.41) is 9.82. The highest BCUT2D eigenvalue weighted by Crippen LogP contribution is 2.38. The van der Waals surface area contributed by atoms with Gasteiger partial charge in [-0.15, -0.1) is 0 Å². The molecular weight excluding hydrogens is 298 g/mol. The molecule has 23 heavy (non-hydrogen) atoms. The van der Waals surface area contributed by atoms with Gasteiger partial charge in [0.1, 0.15) is 5.60 Å².